The molecule has 0 aliphatic heterocycles. The fraction of sp³-hybridized carbons (Fsp3) is 0.889. The van der Waals surface area contributed by atoms with Gasteiger partial charge in [0, 0.05) is 0 Å². The summed E-state index contributed by atoms with van der Waals surface area (Å²) >= 11 is 0. The molecule has 0 bridgehead atoms. The molecular weight excluding hydrogens is 154 g/mol. The Bertz CT molecular complexity index is 166. The highest BCUT2D eigenvalue weighted by atomic mass is 16.5. The fourth-order valence-electron chi connectivity index (χ4n) is 1.62. The number of nitrogens with one attached hydrogen (secondary N) is 1. The summed E-state index contributed by atoms with van der Waals surface area (Å²) in [6, 6.07) is -0.123. The second-order valence-electron chi connectivity index (χ2n) is 3.49. The van der Waals surface area contributed by atoms with Gasteiger partial charge in [-0.2, -0.15) is 0 Å². The van der Waals surface area contributed by atoms with E-state index in [0.29, 0.717) is 5.92 Å². The van der Waals surface area contributed by atoms with Gasteiger partial charge >= 0.3 is 5.97 Å². The Labute approximate surface area is 73.5 Å². The van der Waals surface area contributed by atoms with Crippen LogP contribution in [0.15, 0.2) is 0 Å². The van der Waals surface area contributed by atoms with Crippen molar-refractivity contribution >= 4 is 5.97 Å². The van der Waals surface area contributed by atoms with Crippen LogP contribution in [0, 0.1) is 11.8 Å². The summed E-state index contributed by atoms with van der Waals surface area (Å²) in [4.78, 5) is 11.2. The van der Waals surface area contributed by atoms with E-state index in [-0.39, 0.29) is 12.0 Å². The van der Waals surface area contributed by atoms with Gasteiger partial charge in [0.2, 0.25) is 0 Å². The van der Waals surface area contributed by atoms with E-state index in [1.807, 2.05) is 0 Å². The van der Waals surface area contributed by atoms with Crippen LogP contribution >= 0.6 is 0 Å². The highest BCUT2D eigenvalue weighted by molar-refractivity contribution is 5.76. The van der Waals surface area contributed by atoms with Gasteiger partial charge in [0.05, 0.1) is 7.11 Å². The normalized spacial score (nSPS) is 21.6. The van der Waals surface area contributed by atoms with Gasteiger partial charge in [0.25, 0.3) is 0 Å². The molecule has 1 N–H and O–H groups in total. The van der Waals surface area contributed by atoms with Gasteiger partial charge in [-0.3, -0.25) is 4.79 Å². The lowest BCUT2D eigenvalue weighted by Crippen LogP contribution is -2.41. The van der Waals surface area contributed by atoms with E-state index >= 15 is 0 Å². The van der Waals surface area contributed by atoms with E-state index in [1.165, 1.54) is 20.0 Å². The number of hydrogen-bond donors (Lipinski definition) is 1. The first-order valence-electron chi connectivity index (χ1n) is 4.45. The molecule has 1 unspecified atom stereocenters. The Balaban J connectivity index is 2.47. The van der Waals surface area contributed by atoms with Crippen molar-refractivity contribution in [2.24, 2.45) is 11.8 Å². The summed E-state index contributed by atoms with van der Waals surface area (Å²) in [5, 5.41) is 3.00. The molecule has 2 atom stereocenters. The van der Waals surface area contributed by atoms with Crippen molar-refractivity contribution in [3.8, 4) is 0 Å². The van der Waals surface area contributed by atoms with E-state index in [9.17, 15) is 4.79 Å². The van der Waals surface area contributed by atoms with Gasteiger partial charge < -0.3 is 10.1 Å². The predicted octanol–water partition coefficient (Wildman–Crippen LogP) is 0.793. The smallest absolute Gasteiger partial charge is 0.323 e. The molecule has 0 radical (unpaired) electrons. The van der Waals surface area contributed by atoms with Gasteiger partial charge in [-0.1, -0.05) is 6.92 Å². The summed E-state index contributed by atoms with van der Waals surface area (Å²) in [6.07, 6.45) is 2.52. The van der Waals surface area contributed by atoms with Crippen molar-refractivity contribution in [1.29, 1.82) is 0 Å². The molecule has 0 spiro atoms. The van der Waals surface area contributed by atoms with Gasteiger partial charge in [-0.15, -0.1) is 0 Å². The van der Waals surface area contributed by atoms with Gasteiger partial charge in [-0.25, -0.2) is 0 Å². The molecule has 1 aliphatic rings. The molecule has 0 aromatic carbocycles. The minimum absolute atomic E-state index is 0.123. The van der Waals surface area contributed by atoms with Crippen LogP contribution in [0.4, 0.5) is 0 Å². The van der Waals surface area contributed by atoms with E-state index in [1.54, 1.807) is 7.05 Å². The summed E-state index contributed by atoms with van der Waals surface area (Å²) in [5.41, 5.74) is 0. The first-order chi connectivity index (χ1) is 5.70. The molecule has 0 saturated heterocycles. The van der Waals surface area contributed by atoms with Crippen molar-refractivity contribution in [1.82, 2.24) is 5.32 Å². The summed E-state index contributed by atoms with van der Waals surface area (Å²) in [7, 11) is 3.24. The van der Waals surface area contributed by atoms with Crippen molar-refractivity contribution in [2.45, 2.75) is 25.8 Å². The summed E-state index contributed by atoms with van der Waals surface area (Å²) < 4.78 is 4.70. The molecule has 1 fully saturated rings. The van der Waals surface area contributed by atoms with Gasteiger partial charge in [-0.05, 0) is 31.7 Å². The van der Waals surface area contributed by atoms with Crippen LogP contribution < -0.4 is 5.32 Å². The SMILES string of the molecule is CN[C@H](C(=O)OC)C(C)C1CC1. The number of methoxy groups -OCH3 is 1. The lowest BCUT2D eigenvalue weighted by atomic mass is 9.97. The number of ether oxygens (including phenoxy) is 1. The van der Waals surface area contributed by atoms with Crippen LogP contribution in [0.25, 0.3) is 0 Å². The van der Waals surface area contributed by atoms with Crippen molar-refractivity contribution in [3.63, 3.8) is 0 Å². The topological polar surface area (TPSA) is 38.3 Å². The van der Waals surface area contributed by atoms with Crippen LogP contribution in [-0.4, -0.2) is 26.2 Å². The summed E-state index contributed by atoms with van der Waals surface area (Å²) in [5.74, 6) is 0.987. The maximum Gasteiger partial charge on any atom is 0.323 e. The lowest BCUT2D eigenvalue weighted by molar-refractivity contribution is -0.144. The third-order valence-electron chi connectivity index (χ3n) is 2.66. The highest BCUT2D eigenvalue weighted by Crippen LogP contribution is 2.38. The van der Waals surface area contributed by atoms with Crippen LogP contribution in [0.1, 0.15) is 19.8 Å². The number of carbonyl (C=O) groups is 1. The zero-order valence-electron chi connectivity index (χ0n) is 7.96. The maximum absolute atomic E-state index is 11.2. The van der Waals surface area contributed by atoms with Gasteiger partial charge in [0.1, 0.15) is 6.04 Å². The Morgan fingerprint density at radius 3 is 2.50 bits per heavy atom. The molecular formula is C9H17NO2. The van der Waals surface area contributed by atoms with E-state index < -0.39 is 0 Å². The average Bonchev–Trinajstić information content (AvgIpc) is 2.87. The van der Waals surface area contributed by atoms with Crippen LogP contribution in [0.5, 0.6) is 0 Å². The van der Waals surface area contributed by atoms with E-state index in [0.717, 1.165) is 5.92 Å². The largest absolute Gasteiger partial charge is 0.468 e. The molecule has 1 rings (SSSR count). The molecule has 12 heavy (non-hydrogen) atoms. The monoisotopic (exact) mass is 171 g/mol. The first-order valence-corrected chi connectivity index (χ1v) is 4.45. The Kier molecular flexibility index (Phi) is 3.09. The molecule has 0 amide bonds. The Hall–Kier alpha value is -0.570. The van der Waals surface area contributed by atoms with Gasteiger partial charge in [0.15, 0.2) is 0 Å². The predicted molar refractivity (Wildman–Crippen MR) is 46.8 cm³/mol. The standard InChI is InChI=1S/C9H17NO2/c1-6(7-4-5-7)8(10-2)9(11)12-3/h6-8,10H,4-5H2,1-3H3/t6?,8-/m0/s1. The minimum atomic E-state index is -0.142. The third kappa shape index (κ3) is 1.97. The third-order valence-corrected chi connectivity index (χ3v) is 2.66. The van der Waals surface area contributed by atoms with Crippen molar-refractivity contribution in [2.75, 3.05) is 14.2 Å². The molecule has 3 heteroatoms. The molecule has 0 aromatic heterocycles. The van der Waals surface area contributed by atoms with Crippen LogP contribution in [0.2, 0.25) is 0 Å². The lowest BCUT2D eigenvalue weighted by Gasteiger charge is -2.20. The number of carbonyl (C=O) groups excluding carboxylic acids is 1. The minimum Gasteiger partial charge on any atom is -0.468 e. The van der Waals surface area contributed by atoms with Crippen molar-refractivity contribution < 1.29 is 9.53 Å². The molecule has 0 heterocycles. The Morgan fingerprint density at radius 1 is 1.58 bits per heavy atom. The second-order valence-corrected chi connectivity index (χ2v) is 3.49. The molecule has 0 aromatic rings. The average molecular weight is 171 g/mol. The summed E-state index contributed by atoms with van der Waals surface area (Å²) in [6.45, 7) is 2.11. The van der Waals surface area contributed by atoms with E-state index in [4.69, 9.17) is 4.74 Å². The number of rotatable bonds is 4. The quantitative estimate of drug-likeness (QED) is 0.636. The van der Waals surface area contributed by atoms with E-state index in [2.05, 4.69) is 12.2 Å². The second kappa shape index (κ2) is 3.90. The van der Waals surface area contributed by atoms with Crippen LogP contribution in [0.3, 0.4) is 0 Å². The first kappa shape index (κ1) is 9.52. The molecule has 70 valence electrons. The van der Waals surface area contributed by atoms with Crippen molar-refractivity contribution in [3.05, 3.63) is 0 Å². The number of esters is 1. The van der Waals surface area contributed by atoms with Crippen LogP contribution in [-0.2, 0) is 9.53 Å². The molecule has 3 nitrogen and oxygen atoms in total. The Morgan fingerprint density at radius 2 is 2.17 bits per heavy atom. The number of hydrogen-bond acceptors (Lipinski definition) is 3. The number of likely N-dealkylation sites (N-methyl/N-ethyl adjacent to an activating group) is 1. The zero-order chi connectivity index (χ0) is 9.14. The highest BCUT2D eigenvalue weighted by Gasteiger charge is 2.36. The fourth-order valence-corrected chi connectivity index (χ4v) is 1.62. The molecule has 1 aliphatic carbocycles. The maximum atomic E-state index is 11.2. The zero-order valence-corrected chi connectivity index (χ0v) is 7.96. The molecule has 1 saturated carbocycles.